The van der Waals surface area contributed by atoms with Crippen molar-refractivity contribution in [3.8, 4) is 6.07 Å². The summed E-state index contributed by atoms with van der Waals surface area (Å²) in [5.41, 5.74) is 5.25. The Morgan fingerprint density at radius 2 is 1.93 bits per heavy atom. The molecule has 5 rings (SSSR count). The van der Waals surface area contributed by atoms with Crippen molar-refractivity contribution >= 4 is 28.8 Å². The lowest BCUT2D eigenvalue weighted by Gasteiger charge is -2.40. The van der Waals surface area contributed by atoms with Crippen LogP contribution in [0.1, 0.15) is 59.2 Å². The van der Waals surface area contributed by atoms with E-state index in [4.69, 9.17) is 11.6 Å². The average Bonchev–Trinajstić information content (AvgIpc) is 3.40. The molecule has 1 fully saturated rings. The first-order chi connectivity index (χ1) is 14.6. The highest BCUT2D eigenvalue weighted by molar-refractivity contribution is 6.32. The number of aryl methyl sites for hydroxylation is 1. The molecule has 152 valence electrons. The molecule has 1 unspecified atom stereocenters. The van der Waals surface area contributed by atoms with Crippen LogP contribution in [-0.2, 0) is 6.42 Å². The number of nitrogens with zero attached hydrogens (tertiary/aromatic N) is 3. The summed E-state index contributed by atoms with van der Waals surface area (Å²) in [6.45, 7) is 0. The largest absolute Gasteiger partial charge is 0.478 e. The highest BCUT2D eigenvalue weighted by atomic mass is 35.5. The molecule has 0 saturated heterocycles. The number of carboxylic acids is 1. The first-order valence-electron chi connectivity index (χ1n) is 10.4. The second-order valence-corrected chi connectivity index (χ2v) is 8.66. The molecule has 0 bridgehead atoms. The summed E-state index contributed by atoms with van der Waals surface area (Å²) in [6, 6.07) is 13.9. The fraction of sp³-hybridized carbons (Fsp3) is 0.333. The van der Waals surface area contributed by atoms with Crippen LogP contribution in [0.3, 0.4) is 0 Å². The van der Waals surface area contributed by atoms with Gasteiger partial charge in [-0.15, -0.1) is 0 Å². The van der Waals surface area contributed by atoms with Gasteiger partial charge in [-0.05, 0) is 72.7 Å². The topological polar surface area (TPSA) is 67.6 Å². The summed E-state index contributed by atoms with van der Waals surface area (Å²) in [5.74, 6) is -0.887. The van der Waals surface area contributed by atoms with Gasteiger partial charge in [0.2, 0.25) is 0 Å². The number of carboxylic acid groups (broad SMARTS) is 1. The van der Waals surface area contributed by atoms with Gasteiger partial charge < -0.3 is 5.11 Å². The van der Waals surface area contributed by atoms with Crippen LogP contribution in [0, 0.1) is 11.3 Å². The summed E-state index contributed by atoms with van der Waals surface area (Å²) in [4.78, 5) is 11.4. The highest BCUT2D eigenvalue weighted by Gasteiger charge is 2.42. The van der Waals surface area contributed by atoms with E-state index in [1.165, 1.54) is 31.3 Å². The Bertz CT molecular complexity index is 1100. The molecule has 1 saturated carbocycles. The molecule has 1 N–H and O–H groups in total. The van der Waals surface area contributed by atoms with Crippen LogP contribution < -0.4 is 5.01 Å². The number of rotatable bonds is 3. The summed E-state index contributed by atoms with van der Waals surface area (Å²) in [7, 11) is 0. The van der Waals surface area contributed by atoms with Gasteiger partial charge in [0, 0.05) is 12.2 Å². The lowest BCUT2D eigenvalue weighted by molar-refractivity contribution is 0.0696. The lowest BCUT2D eigenvalue weighted by atomic mass is 9.83. The Hall–Kier alpha value is -2.81. The van der Waals surface area contributed by atoms with Crippen LogP contribution >= 0.6 is 11.6 Å². The Kier molecular flexibility index (Phi) is 4.77. The minimum absolute atomic E-state index is 0.269. The number of carbonyl (C=O) groups is 1. The number of hydrazine groups is 1. The highest BCUT2D eigenvalue weighted by Crippen LogP contribution is 2.44. The minimum atomic E-state index is -0.887. The zero-order valence-electron chi connectivity index (χ0n) is 16.5. The van der Waals surface area contributed by atoms with Crippen molar-refractivity contribution in [2.24, 2.45) is 0 Å². The second kappa shape index (κ2) is 7.46. The van der Waals surface area contributed by atoms with Gasteiger partial charge >= 0.3 is 5.97 Å². The van der Waals surface area contributed by atoms with E-state index in [1.807, 2.05) is 24.3 Å². The number of fused-ring (bicyclic) bond motifs is 3. The predicted octanol–water partition coefficient (Wildman–Crippen LogP) is 5.25. The van der Waals surface area contributed by atoms with Gasteiger partial charge in [-0.25, -0.2) is 9.80 Å². The molecule has 1 heterocycles. The maximum Gasteiger partial charge on any atom is 0.335 e. The second-order valence-electron chi connectivity index (χ2n) is 8.25. The van der Waals surface area contributed by atoms with E-state index in [1.54, 1.807) is 12.1 Å². The molecule has 1 aliphatic heterocycles. The molecule has 0 amide bonds. The molecule has 2 aromatic carbocycles. The Balaban J connectivity index is 1.59. The summed E-state index contributed by atoms with van der Waals surface area (Å²) in [5, 5.41) is 23.7. The van der Waals surface area contributed by atoms with E-state index in [9.17, 15) is 15.2 Å². The Morgan fingerprint density at radius 1 is 1.13 bits per heavy atom. The monoisotopic (exact) mass is 419 g/mol. The van der Waals surface area contributed by atoms with Crippen LogP contribution in [0.25, 0.3) is 5.57 Å². The average molecular weight is 420 g/mol. The first-order valence-corrected chi connectivity index (χ1v) is 10.8. The first kappa shape index (κ1) is 19.2. The van der Waals surface area contributed by atoms with Crippen molar-refractivity contribution in [1.82, 2.24) is 5.01 Å². The van der Waals surface area contributed by atoms with Gasteiger partial charge in [0.25, 0.3) is 0 Å². The van der Waals surface area contributed by atoms with E-state index >= 15 is 0 Å². The molecular formula is C24H22ClN3O2. The molecule has 6 heteroatoms. The van der Waals surface area contributed by atoms with E-state index < -0.39 is 5.97 Å². The fourth-order valence-corrected chi connectivity index (χ4v) is 5.38. The van der Waals surface area contributed by atoms with Gasteiger partial charge in [0.1, 0.15) is 6.07 Å². The van der Waals surface area contributed by atoms with Crippen molar-refractivity contribution in [1.29, 1.82) is 5.26 Å². The zero-order valence-corrected chi connectivity index (χ0v) is 17.3. The van der Waals surface area contributed by atoms with Crippen LogP contribution in [0.2, 0.25) is 5.02 Å². The fourth-order valence-electron chi connectivity index (χ4n) is 5.17. The Morgan fingerprint density at radius 3 is 2.63 bits per heavy atom. The number of hydrogen-bond donors (Lipinski definition) is 1. The van der Waals surface area contributed by atoms with E-state index in [2.05, 4.69) is 22.3 Å². The van der Waals surface area contributed by atoms with Gasteiger partial charge in [-0.1, -0.05) is 30.5 Å². The van der Waals surface area contributed by atoms with Crippen molar-refractivity contribution in [3.05, 3.63) is 69.9 Å². The molecule has 3 aliphatic rings. The smallest absolute Gasteiger partial charge is 0.335 e. The normalized spacial score (nSPS) is 21.1. The predicted molar refractivity (Wildman–Crippen MR) is 116 cm³/mol. The minimum Gasteiger partial charge on any atom is -0.478 e. The van der Waals surface area contributed by atoms with Crippen molar-refractivity contribution in [2.45, 2.75) is 50.6 Å². The number of benzene rings is 2. The number of halogens is 1. The van der Waals surface area contributed by atoms with Crippen LogP contribution in [0.4, 0.5) is 5.69 Å². The van der Waals surface area contributed by atoms with Gasteiger partial charge in [-0.3, -0.25) is 5.01 Å². The van der Waals surface area contributed by atoms with E-state index in [-0.39, 0.29) is 6.04 Å². The van der Waals surface area contributed by atoms with Gasteiger partial charge in [-0.2, -0.15) is 5.26 Å². The molecule has 2 aromatic rings. The third kappa shape index (κ3) is 3.08. The number of anilines is 1. The summed E-state index contributed by atoms with van der Waals surface area (Å²) in [6.07, 6.45) is 8.82. The molecule has 0 aromatic heterocycles. The standard InChI is InChI=1S/C24H22ClN3O2/c25-22-12-19(8-5-17(22)13-26)27-14-21-20-9-6-16(24(29)30)11-15(20)7-10-23(21)28(27)18-3-1-2-4-18/h5-6,8-9,11-12,14,18,23H,1-4,7,10H2,(H,29,30). The van der Waals surface area contributed by atoms with E-state index in [0.717, 1.165) is 29.7 Å². The van der Waals surface area contributed by atoms with Crippen molar-refractivity contribution in [2.75, 3.05) is 5.01 Å². The third-order valence-corrected chi connectivity index (χ3v) is 6.89. The van der Waals surface area contributed by atoms with E-state index in [0.29, 0.717) is 22.2 Å². The van der Waals surface area contributed by atoms with Gasteiger partial charge in [0.05, 0.1) is 27.9 Å². The third-order valence-electron chi connectivity index (χ3n) is 6.58. The maximum atomic E-state index is 11.4. The van der Waals surface area contributed by atoms with Crippen LogP contribution in [-0.4, -0.2) is 28.2 Å². The lowest BCUT2D eigenvalue weighted by Crippen LogP contribution is -2.48. The van der Waals surface area contributed by atoms with Crippen molar-refractivity contribution < 1.29 is 9.90 Å². The van der Waals surface area contributed by atoms with Gasteiger partial charge in [0.15, 0.2) is 0 Å². The molecule has 0 radical (unpaired) electrons. The van der Waals surface area contributed by atoms with Crippen LogP contribution in [0.15, 0.2) is 42.6 Å². The maximum absolute atomic E-state index is 11.4. The van der Waals surface area contributed by atoms with Crippen LogP contribution in [0.5, 0.6) is 0 Å². The number of hydrogen-bond acceptors (Lipinski definition) is 4. The summed E-state index contributed by atoms with van der Waals surface area (Å²) < 4.78 is 0. The number of aromatic carboxylic acids is 1. The SMILES string of the molecule is N#Cc1ccc(N2C=C3c4ccc(C(=O)O)cc4CCC3N2C2CCCC2)cc1Cl. The molecule has 2 aliphatic carbocycles. The molecule has 5 nitrogen and oxygen atoms in total. The zero-order chi connectivity index (χ0) is 20.8. The Labute approximate surface area is 180 Å². The molecule has 0 spiro atoms. The quantitative estimate of drug-likeness (QED) is 0.736. The molecular weight excluding hydrogens is 398 g/mol. The number of nitriles is 1. The molecule has 1 atom stereocenters. The van der Waals surface area contributed by atoms with Crippen molar-refractivity contribution in [3.63, 3.8) is 0 Å². The molecule has 30 heavy (non-hydrogen) atoms. The summed E-state index contributed by atoms with van der Waals surface area (Å²) >= 11 is 6.35.